The maximum Gasteiger partial charge on any atom is 0.150 e. The van der Waals surface area contributed by atoms with Gasteiger partial charge >= 0.3 is 0 Å². The molecule has 3 rings (SSSR count). The van der Waals surface area contributed by atoms with Crippen molar-refractivity contribution >= 4 is 34.7 Å². The zero-order chi connectivity index (χ0) is 16.6. The highest BCUT2D eigenvalue weighted by atomic mass is 35.5. The number of Topliss-reactive ketones (excluding diaryl/α,β-unsaturated/α-hetero) is 1. The molecule has 1 aromatic carbocycles. The van der Waals surface area contributed by atoms with E-state index in [1.165, 1.54) is 12.8 Å². The number of carbonyl (C=O) groups excluding carboxylic acids is 1. The third-order valence-electron chi connectivity index (χ3n) is 5.14. The monoisotopic (exact) mass is 355 g/mol. The number of likely N-dealkylation sites (tertiary alicyclic amines) is 1. The van der Waals surface area contributed by atoms with Crippen LogP contribution in [-0.4, -0.2) is 48.6 Å². The van der Waals surface area contributed by atoms with Crippen LogP contribution in [0.2, 0.25) is 10.0 Å². The molecule has 0 aromatic heterocycles. The fourth-order valence-electron chi connectivity index (χ4n) is 3.99. The molecule has 2 atom stereocenters. The molecule has 1 unspecified atom stereocenters. The normalized spacial score (nSPS) is 29.0. The van der Waals surface area contributed by atoms with Crippen LogP contribution in [0.5, 0.6) is 0 Å². The lowest BCUT2D eigenvalue weighted by Gasteiger charge is -2.55. The van der Waals surface area contributed by atoms with Gasteiger partial charge in [-0.05, 0) is 44.9 Å². The SMILES string of the molecule is CC(=O)C1NCCN(c2ccc(Cl)c(Cl)c2)[C@@]1(C)N1CCCC1. The van der Waals surface area contributed by atoms with Crippen molar-refractivity contribution in [2.45, 2.75) is 38.4 Å². The fourth-order valence-corrected chi connectivity index (χ4v) is 4.28. The molecule has 2 saturated heterocycles. The fraction of sp³-hybridized carbons (Fsp3) is 0.588. The Morgan fingerprint density at radius 1 is 1.22 bits per heavy atom. The molecular weight excluding hydrogens is 333 g/mol. The van der Waals surface area contributed by atoms with Crippen molar-refractivity contribution in [1.82, 2.24) is 10.2 Å². The van der Waals surface area contributed by atoms with Crippen molar-refractivity contribution in [2.24, 2.45) is 0 Å². The Kier molecular flexibility index (Phi) is 4.88. The summed E-state index contributed by atoms with van der Waals surface area (Å²) < 4.78 is 0. The van der Waals surface area contributed by atoms with E-state index in [-0.39, 0.29) is 11.8 Å². The van der Waals surface area contributed by atoms with Crippen LogP contribution in [0.4, 0.5) is 5.69 Å². The highest BCUT2D eigenvalue weighted by Crippen LogP contribution is 2.37. The number of nitrogens with one attached hydrogen (secondary N) is 1. The van der Waals surface area contributed by atoms with Crippen LogP contribution in [0.1, 0.15) is 26.7 Å². The molecule has 2 heterocycles. The summed E-state index contributed by atoms with van der Waals surface area (Å²) in [5.41, 5.74) is 0.624. The van der Waals surface area contributed by atoms with Crippen LogP contribution in [-0.2, 0) is 4.79 Å². The molecule has 1 aromatic rings. The number of halogens is 2. The van der Waals surface area contributed by atoms with E-state index in [4.69, 9.17) is 23.2 Å². The molecule has 2 fully saturated rings. The van der Waals surface area contributed by atoms with Crippen molar-refractivity contribution in [1.29, 1.82) is 0 Å². The first-order valence-electron chi connectivity index (χ1n) is 8.16. The Hall–Kier alpha value is -0.810. The Morgan fingerprint density at radius 2 is 1.91 bits per heavy atom. The van der Waals surface area contributed by atoms with Crippen LogP contribution in [0, 0.1) is 0 Å². The summed E-state index contributed by atoms with van der Waals surface area (Å²) in [5.74, 6) is 0.171. The van der Waals surface area contributed by atoms with Crippen molar-refractivity contribution in [2.75, 3.05) is 31.1 Å². The highest BCUT2D eigenvalue weighted by molar-refractivity contribution is 6.42. The van der Waals surface area contributed by atoms with Crippen LogP contribution < -0.4 is 10.2 Å². The molecule has 0 radical (unpaired) electrons. The third kappa shape index (κ3) is 2.98. The number of nitrogens with zero attached hydrogens (tertiary/aromatic N) is 2. The van der Waals surface area contributed by atoms with Gasteiger partial charge in [0.05, 0.1) is 10.0 Å². The maximum absolute atomic E-state index is 12.3. The summed E-state index contributed by atoms with van der Waals surface area (Å²) in [7, 11) is 0. The Labute approximate surface area is 147 Å². The van der Waals surface area contributed by atoms with Gasteiger partial charge in [-0.2, -0.15) is 0 Å². The van der Waals surface area contributed by atoms with Crippen molar-refractivity contribution in [3.05, 3.63) is 28.2 Å². The molecule has 23 heavy (non-hydrogen) atoms. The summed E-state index contributed by atoms with van der Waals surface area (Å²) >= 11 is 12.3. The molecule has 2 aliphatic heterocycles. The lowest BCUT2D eigenvalue weighted by Crippen LogP contribution is -2.74. The maximum atomic E-state index is 12.3. The quantitative estimate of drug-likeness (QED) is 0.903. The highest BCUT2D eigenvalue weighted by Gasteiger charge is 2.49. The first-order valence-corrected chi connectivity index (χ1v) is 8.92. The van der Waals surface area contributed by atoms with Gasteiger partial charge in [-0.1, -0.05) is 23.2 Å². The average Bonchev–Trinajstić information content (AvgIpc) is 3.05. The second-order valence-corrected chi connectivity index (χ2v) is 7.35. The van der Waals surface area contributed by atoms with E-state index in [2.05, 4.69) is 22.0 Å². The third-order valence-corrected chi connectivity index (χ3v) is 5.88. The predicted octanol–water partition coefficient (Wildman–Crippen LogP) is 3.17. The van der Waals surface area contributed by atoms with Gasteiger partial charge < -0.3 is 10.2 Å². The molecule has 0 saturated carbocycles. The van der Waals surface area contributed by atoms with E-state index in [1.807, 2.05) is 18.2 Å². The molecule has 2 aliphatic rings. The topological polar surface area (TPSA) is 35.6 Å². The van der Waals surface area contributed by atoms with Crippen LogP contribution in [0.15, 0.2) is 18.2 Å². The first-order chi connectivity index (χ1) is 10.9. The van der Waals surface area contributed by atoms with Gasteiger partial charge in [0, 0.05) is 31.9 Å². The van der Waals surface area contributed by atoms with Crippen LogP contribution in [0.3, 0.4) is 0 Å². The molecule has 1 N–H and O–H groups in total. The first kappa shape index (κ1) is 17.0. The molecular formula is C17H23Cl2N3O. The van der Waals surface area contributed by atoms with Crippen molar-refractivity contribution in [3.63, 3.8) is 0 Å². The van der Waals surface area contributed by atoms with E-state index in [1.54, 1.807) is 6.92 Å². The smallest absolute Gasteiger partial charge is 0.150 e. The Balaban J connectivity index is 2.04. The summed E-state index contributed by atoms with van der Waals surface area (Å²) in [6, 6.07) is 5.50. The average molecular weight is 356 g/mol. The van der Waals surface area contributed by atoms with Gasteiger partial charge in [0.2, 0.25) is 0 Å². The number of hydrogen-bond donors (Lipinski definition) is 1. The van der Waals surface area contributed by atoms with E-state index in [0.717, 1.165) is 31.9 Å². The number of anilines is 1. The molecule has 0 spiro atoms. The molecule has 4 nitrogen and oxygen atoms in total. The molecule has 6 heteroatoms. The molecule has 0 bridgehead atoms. The van der Waals surface area contributed by atoms with E-state index >= 15 is 0 Å². The minimum atomic E-state index is -0.391. The molecule has 126 valence electrons. The van der Waals surface area contributed by atoms with Gasteiger partial charge in [-0.25, -0.2) is 0 Å². The van der Waals surface area contributed by atoms with Gasteiger partial charge in [0.1, 0.15) is 17.5 Å². The number of rotatable bonds is 3. The zero-order valence-corrected chi connectivity index (χ0v) is 15.1. The Bertz CT molecular complexity index is 604. The lowest BCUT2D eigenvalue weighted by molar-refractivity contribution is -0.123. The van der Waals surface area contributed by atoms with Crippen LogP contribution >= 0.6 is 23.2 Å². The lowest BCUT2D eigenvalue weighted by atomic mass is 9.91. The predicted molar refractivity (Wildman–Crippen MR) is 95.5 cm³/mol. The van der Waals surface area contributed by atoms with E-state index in [0.29, 0.717) is 10.0 Å². The van der Waals surface area contributed by atoms with Crippen LogP contribution in [0.25, 0.3) is 0 Å². The second-order valence-electron chi connectivity index (χ2n) is 6.54. The zero-order valence-electron chi connectivity index (χ0n) is 13.6. The van der Waals surface area contributed by atoms with Crippen molar-refractivity contribution < 1.29 is 4.79 Å². The van der Waals surface area contributed by atoms with Gasteiger partial charge in [0.25, 0.3) is 0 Å². The second kappa shape index (κ2) is 6.60. The number of piperazine rings is 1. The molecule has 0 amide bonds. The number of hydrogen-bond acceptors (Lipinski definition) is 4. The number of carbonyl (C=O) groups is 1. The van der Waals surface area contributed by atoms with Gasteiger partial charge in [0.15, 0.2) is 0 Å². The summed E-state index contributed by atoms with van der Waals surface area (Å²) in [6.45, 7) is 7.46. The van der Waals surface area contributed by atoms with Crippen molar-refractivity contribution in [3.8, 4) is 0 Å². The summed E-state index contributed by atoms with van der Waals surface area (Å²) in [4.78, 5) is 17.0. The van der Waals surface area contributed by atoms with Gasteiger partial charge in [-0.3, -0.25) is 9.69 Å². The molecule has 0 aliphatic carbocycles. The van der Waals surface area contributed by atoms with E-state index < -0.39 is 5.66 Å². The summed E-state index contributed by atoms with van der Waals surface area (Å²) in [6.07, 6.45) is 2.35. The Morgan fingerprint density at radius 3 is 2.52 bits per heavy atom. The number of ketones is 1. The van der Waals surface area contributed by atoms with E-state index in [9.17, 15) is 4.79 Å². The standard InChI is InChI=1S/C17H23Cl2N3O/c1-12(23)16-17(2,21-8-3-4-9-21)22(10-7-20-16)13-5-6-14(18)15(19)11-13/h5-6,11,16,20H,3-4,7-10H2,1-2H3/t16?,17-/m1/s1. The minimum absolute atomic E-state index is 0.171. The minimum Gasteiger partial charge on any atom is -0.350 e. The largest absolute Gasteiger partial charge is 0.350 e. The summed E-state index contributed by atoms with van der Waals surface area (Å²) in [5, 5.41) is 4.52. The number of benzene rings is 1. The van der Waals surface area contributed by atoms with Gasteiger partial charge in [-0.15, -0.1) is 0 Å².